The zero-order valence-electron chi connectivity index (χ0n) is 13.0. The summed E-state index contributed by atoms with van der Waals surface area (Å²) >= 11 is 0. The van der Waals surface area contributed by atoms with Crippen molar-refractivity contribution in [3.63, 3.8) is 0 Å². The molecule has 1 saturated carbocycles. The third-order valence-electron chi connectivity index (χ3n) is 5.68. The van der Waals surface area contributed by atoms with Crippen molar-refractivity contribution in [2.45, 2.75) is 37.6 Å². The molecule has 1 aliphatic carbocycles. The van der Waals surface area contributed by atoms with Crippen LogP contribution in [0.15, 0.2) is 24.3 Å². The van der Waals surface area contributed by atoms with Gasteiger partial charge < -0.3 is 14.7 Å². The largest absolute Gasteiger partial charge is 0.493 e. The summed E-state index contributed by atoms with van der Waals surface area (Å²) < 4.78 is 5.63. The molecule has 1 aromatic carbocycles. The van der Waals surface area contributed by atoms with Gasteiger partial charge in [-0.2, -0.15) is 0 Å². The lowest BCUT2D eigenvalue weighted by molar-refractivity contribution is -0.150. The van der Waals surface area contributed by atoms with Crippen LogP contribution in [0.2, 0.25) is 0 Å². The molecule has 23 heavy (non-hydrogen) atoms. The normalized spacial score (nSPS) is 32.1. The molecule has 4 atom stereocenters. The van der Waals surface area contributed by atoms with Crippen molar-refractivity contribution in [1.82, 2.24) is 4.90 Å². The van der Waals surface area contributed by atoms with E-state index in [0.29, 0.717) is 25.5 Å². The second-order valence-electron chi connectivity index (χ2n) is 6.86. The van der Waals surface area contributed by atoms with E-state index in [1.807, 2.05) is 24.3 Å². The summed E-state index contributed by atoms with van der Waals surface area (Å²) in [4.78, 5) is 26.5. The van der Waals surface area contributed by atoms with Crippen LogP contribution in [0.25, 0.3) is 0 Å². The van der Waals surface area contributed by atoms with Crippen molar-refractivity contribution >= 4 is 11.9 Å². The lowest BCUT2D eigenvalue weighted by Gasteiger charge is -2.31. The Labute approximate surface area is 135 Å². The van der Waals surface area contributed by atoms with Gasteiger partial charge in [0.25, 0.3) is 0 Å². The third kappa shape index (κ3) is 2.30. The number of hydrogen-bond acceptors (Lipinski definition) is 3. The summed E-state index contributed by atoms with van der Waals surface area (Å²) in [6.45, 7) is 1.10. The molecule has 1 N–H and O–H groups in total. The Bertz CT molecular complexity index is 644. The van der Waals surface area contributed by atoms with Gasteiger partial charge >= 0.3 is 5.97 Å². The van der Waals surface area contributed by atoms with E-state index in [1.165, 1.54) is 0 Å². The predicted octanol–water partition coefficient (Wildman–Crippen LogP) is 2.26. The molecule has 5 nitrogen and oxygen atoms in total. The van der Waals surface area contributed by atoms with Gasteiger partial charge in [-0.15, -0.1) is 0 Å². The Balaban J connectivity index is 1.63. The minimum absolute atomic E-state index is 0.0393. The number of rotatable bonds is 2. The first-order valence-corrected chi connectivity index (χ1v) is 8.42. The van der Waals surface area contributed by atoms with Crippen LogP contribution in [-0.2, 0) is 9.59 Å². The zero-order chi connectivity index (χ0) is 16.0. The molecule has 5 heteroatoms. The van der Waals surface area contributed by atoms with Gasteiger partial charge in [-0.25, -0.2) is 4.79 Å². The van der Waals surface area contributed by atoms with Gasteiger partial charge in [0.2, 0.25) is 5.91 Å². The van der Waals surface area contributed by atoms with Crippen LogP contribution in [0, 0.1) is 11.8 Å². The van der Waals surface area contributed by atoms with Crippen LogP contribution in [0.5, 0.6) is 5.75 Å². The molecule has 0 aromatic heterocycles. The fourth-order valence-electron chi connectivity index (χ4n) is 4.65. The summed E-state index contributed by atoms with van der Waals surface area (Å²) in [7, 11) is 0. The molecule has 0 spiro atoms. The number of hydrogen-bond donors (Lipinski definition) is 1. The maximum atomic E-state index is 13.1. The summed E-state index contributed by atoms with van der Waals surface area (Å²) in [5.41, 5.74) is 0.893. The maximum absolute atomic E-state index is 13.1. The van der Waals surface area contributed by atoms with Gasteiger partial charge in [-0.1, -0.05) is 24.6 Å². The van der Waals surface area contributed by atoms with Crippen molar-refractivity contribution in [3.05, 3.63) is 29.8 Å². The molecular weight excluding hydrogens is 294 g/mol. The van der Waals surface area contributed by atoms with Crippen LogP contribution in [0.4, 0.5) is 0 Å². The monoisotopic (exact) mass is 315 g/mol. The Morgan fingerprint density at radius 1 is 1.17 bits per heavy atom. The van der Waals surface area contributed by atoms with Gasteiger partial charge in [0, 0.05) is 12.1 Å². The average Bonchev–Trinajstić information content (AvgIpc) is 3.13. The standard InChI is InChI=1S/C18H21NO4/c20-17(14-8-9-23-15-7-2-1-5-13(14)15)19-10-11-4-3-6-12(11)16(19)18(21)22/h1-2,5,7,11-12,14,16H,3-4,6,8-10H2,(H,21,22). The van der Waals surface area contributed by atoms with Crippen molar-refractivity contribution in [2.24, 2.45) is 11.8 Å². The van der Waals surface area contributed by atoms with E-state index < -0.39 is 12.0 Å². The second kappa shape index (κ2) is 5.55. The van der Waals surface area contributed by atoms with E-state index in [9.17, 15) is 14.7 Å². The number of ether oxygens (including phenoxy) is 1. The number of fused-ring (bicyclic) bond motifs is 2. The highest BCUT2D eigenvalue weighted by Crippen LogP contribution is 2.44. The van der Waals surface area contributed by atoms with Crippen molar-refractivity contribution < 1.29 is 19.4 Å². The van der Waals surface area contributed by atoms with E-state index in [1.54, 1.807) is 4.90 Å². The number of carboxylic acid groups (broad SMARTS) is 1. The van der Waals surface area contributed by atoms with Crippen LogP contribution in [0.3, 0.4) is 0 Å². The highest BCUT2D eigenvalue weighted by molar-refractivity contribution is 5.89. The number of benzene rings is 1. The fourth-order valence-corrected chi connectivity index (χ4v) is 4.65. The van der Waals surface area contributed by atoms with Gasteiger partial charge in [-0.05, 0) is 37.2 Å². The van der Waals surface area contributed by atoms with Gasteiger partial charge in [0.1, 0.15) is 11.8 Å². The van der Waals surface area contributed by atoms with Crippen LogP contribution in [-0.4, -0.2) is 41.1 Å². The SMILES string of the molecule is O=C(O)C1C2CCCC2CN1C(=O)C1CCOc2ccccc21. The van der Waals surface area contributed by atoms with Gasteiger partial charge in [0.05, 0.1) is 12.5 Å². The lowest BCUT2D eigenvalue weighted by atomic mass is 9.91. The van der Waals surface area contributed by atoms with E-state index in [2.05, 4.69) is 0 Å². The first-order chi connectivity index (χ1) is 11.2. The number of aliphatic carboxylic acids is 1. The Hall–Kier alpha value is -2.04. The number of carbonyl (C=O) groups is 2. The number of carboxylic acids is 1. The third-order valence-corrected chi connectivity index (χ3v) is 5.68. The Morgan fingerprint density at radius 3 is 2.83 bits per heavy atom. The predicted molar refractivity (Wildman–Crippen MR) is 83.3 cm³/mol. The van der Waals surface area contributed by atoms with Gasteiger partial charge in [-0.3, -0.25) is 4.79 Å². The summed E-state index contributed by atoms with van der Waals surface area (Å²) in [5.74, 6) is 0.0707. The lowest BCUT2D eigenvalue weighted by Crippen LogP contribution is -2.46. The number of likely N-dealkylation sites (tertiary alicyclic amines) is 1. The minimum atomic E-state index is -0.854. The molecule has 1 amide bonds. The molecule has 2 fully saturated rings. The Morgan fingerprint density at radius 2 is 2.00 bits per heavy atom. The second-order valence-corrected chi connectivity index (χ2v) is 6.86. The molecule has 1 aromatic rings. The van der Waals surface area contributed by atoms with Gasteiger partial charge in [0.15, 0.2) is 0 Å². The molecule has 4 rings (SSSR count). The highest BCUT2D eigenvalue weighted by Gasteiger charge is 2.50. The number of amides is 1. The zero-order valence-corrected chi connectivity index (χ0v) is 13.0. The molecule has 1 saturated heterocycles. The van der Waals surface area contributed by atoms with Crippen molar-refractivity contribution in [2.75, 3.05) is 13.2 Å². The van der Waals surface area contributed by atoms with Crippen molar-refractivity contribution in [1.29, 1.82) is 0 Å². The number of carbonyl (C=O) groups excluding carboxylic acids is 1. The molecule has 2 aliphatic heterocycles. The summed E-state index contributed by atoms with van der Waals surface area (Å²) in [6, 6.07) is 6.95. The number of para-hydroxylation sites is 1. The molecule has 122 valence electrons. The summed E-state index contributed by atoms with van der Waals surface area (Å²) in [5, 5.41) is 9.65. The fraction of sp³-hybridized carbons (Fsp3) is 0.556. The topological polar surface area (TPSA) is 66.8 Å². The minimum Gasteiger partial charge on any atom is -0.493 e. The van der Waals surface area contributed by atoms with E-state index in [4.69, 9.17) is 4.74 Å². The smallest absolute Gasteiger partial charge is 0.326 e. The maximum Gasteiger partial charge on any atom is 0.326 e. The number of nitrogens with zero attached hydrogens (tertiary/aromatic N) is 1. The molecule has 3 aliphatic rings. The first kappa shape index (κ1) is 14.5. The van der Waals surface area contributed by atoms with Crippen molar-refractivity contribution in [3.8, 4) is 5.75 Å². The van der Waals surface area contributed by atoms with Crippen LogP contribution >= 0.6 is 0 Å². The molecule has 4 unspecified atom stereocenters. The summed E-state index contributed by atoms with van der Waals surface area (Å²) in [6.07, 6.45) is 3.67. The van der Waals surface area contributed by atoms with E-state index >= 15 is 0 Å². The molecule has 0 radical (unpaired) electrons. The molecule has 2 heterocycles. The highest BCUT2D eigenvalue weighted by atomic mass is 16.5. The van der Waals surface area contributed by atoms with E-state index in [0.717, 1.165) is 30.6 Å². The molecular formula is C18H21NO4. The average molecular weight is 315 g/mol. The van der Waals surface area contributed by atoms with E-state index in [-0.39, 0.29) is 17.7 Å². The van der Waals surface area contributed by atoms with Crippen LogP contribution < -0.4 is 4.74 Å². The quantitative estimate of drug-likeness (QED) is 0.909. The van der Waals surface area contributed by atoms with Crippen LogP contribution in [0.1, 0.15) is 37.2 Å². The first-order valence-electron chi connectivity index (χ1n) is 8.42. The Kier molecular flexibility index (Phi) is 3.51. The molecule has 0 bridgehead atoms.